The number of halogens is 2. The number of carbonyl (C=O) groups is 1. The molecule has 1 aromatic heterocycles. The second-order valence-corrected chi connectivity index (χ2v) is 8.92. The summed E-state index contributed by atoms with van der Waals surface area (Å²) >= 11 is 0. The number of carbonyl (C=O) groups excluding carboxylic acids is 1. The molecule has 1 atom stereocenters. The number of hydrogen-bond acceptors (Lipinski definition) is 5. The number of amides is 1. The van der Waals surface area contributed by atoms with Crippen molar-refractivity contribution in [3.63, 3.8) is 0 Å². The molecular formula is C28H26F2N4O3. The molecular weight excluding hydrogens is 478 g/mol. The minimum atomic E-state index is -3.00. The van der Waals surface area contributed by atoms with E-state index in [0.29, 0.717) is 28.5 Å². The number of allylic oxidation sites excluding steroid dienone is 1. The van der Waals surface area contributed by atoms with Crippen molar-refractivity contribution in [3.8, 4) is 11.5 Å². The Bertz CT molecular complexity index is 1540. The van der Waals surface area contributed by atoms with Crippen molar-refractivity contribution in [1.82, 2.24) is 9.55 Å². The molecule has 0 fully saturated rings. The number of para-hydroxylation sites is 2. The van der Waals surface area contributed by atoms with E-state index in [1.54, 1.807) is 12.1 Å². The largest absolute Gasteiger partial charge is 0.493 e. The first-order chi connectivity index (χ1) is 17.8. The third-order valence-corrected chi connectivity index (χ3v) is 6.42. The van der Waals surface area contributed by atoms with Crippen LogP contribution < -0.4 is 20.1 Å². The minimum absolute atomic E-state index is 0.0899. The number of aromatic nitrogens is 2. The number of nitrogens with zero attached hydrogens (tertiary/aromatic N) is 2. The fraction of sp³-hybridized carbons (Fsp3) is 0.214. The van der Waals surface area contributed by atoms with E-state index < -0.39 is 12.7 Å². The quantitative estimate of drug-likeness (QED) is 0.327. The zero-order chi connectivity index (χ0) is 26.3. The first-order valence-corrected chi connectivity index (χ1v) is 11.7. The Morgan fingerprint density at radius 3 is 2.57 bits per heavy atom. The summed E-state index contributed by atoms with van der Waals surface area (Å²) in [5.41, 5.74) is 6.03. The molecule has 4 aromatic rings. The third kappa shape index (κ3) is 4.48. The van der Waals surface area contributed by atoms with Gasteiger partial charge >= 0.3 is 6.61 Å². The molecule has 9 heteroatoms. The topological polar surface area (TPSA) is 77.4 Å². The predicted octanol–water partition coefficient (Wildman–Crippen LogP) is 6.19. The molecule has 0 saturated carbocycles. The van der Waals surface area contributed by atoms with Crippen LogP contribution in [0.25, 0.3) is 11.0 Å². The molecule has 0 radical (unpaired) electrons. The first-order valence-electron chi connectivity index (χ1n) is 11.7. The zero-order valence-electron chi connectivity index (χ0n) is 20.8. The average Bonchev–Trinajstić information content (AvgIpc) is 3.22. The lowest BCUT2D eigenvalue weighted by atomic mass is 9.93. The number of aryl methyl sites for hydroxylation is 2. The summed E-state index contributed by atoms with van der Waals surface area (Å²) in [5, 5.41) is 6.32. The van der Waals surface area contributed by atoms with E-state index in [0.717, 1.165) is 22.2 Å². The van der Waals surface area contributed by atoms with Crippen LogP contribution in [0, 0.1) is 13.8 Å². The molecule has 1 amide bonds. The number of alkyl halides is 2. The summed E-state index contributed by atoms with van der Waals surface area (Å²) in [5.74, 6) is 0.317. The van der Waals surface area contributed by atoms with Gasteiger partial charge < -0.3 is 20.1 Å². The Morgan fingerprint density at radius 1 is 1.05 bits per heavy atom. The highest BCUT2D eigenvalue weighted by molar-refractivity contribution is 6.06. The molecule has 0 unspecified atom stereocenters. The van der Waals surface area contributed by atoms with Gasteiger partial charge in [-0.05, 0) is 62.2 Å². The minimum Gasteiger partial charge on any atom is -0.493 e. The maximum Gasteiger partial charge on any atom is 0.387 e. The Labute approximate surface area is 212 Å². The second-order valence-electron chi connectivity index (χ2n) is 8.92. The van der Waals surface area contributed by atoms with Crippen molar-refractivity contribution in [1.29, 1.82) is 0 Å². The summed E-state index contributed by atoms with van der Waals surface area (Å²) in [7, 11) is 1.38. The van der Waals surface area contributed by atoms with E-state index in [4.69, 9.17) is 9.72 Å². The highest BCUT2D eigenvalue weighted by atomic mass is 19.3. The van der Waals surface area contributed by atoms with Gasteiger partial charge in [0.05, 0.1) is 29.8 Å². The lowest BCUT2D eigenvalue weighted by Gasteiger charge is -2.31. The van der Waals surface area contributed by atoms with Crippen LogP contribution in [-0.2, 0) is 4.79 Å². The molecule has 0 spiro atoms. The van der Waals surface area contributed by atoms with Crippen LogP contribution in [-0.4, -0.2) is 29.2 Å². The lowest BCUT2D eigenvalue weighted by molar-refractivity contribution is -0.113. The lowest BCUT2D eigenvalue weighted by Crippen LogP contribution is -2.31. The highest BCUT2D eigenvalue weighted by Crippen LogP contribution is 2.42. The Balaban J connectivity index is 1.66. The summed E-state index contributed by atoms with van der Waals surface area (Å²) in [6, 6.07) is 17.5. The van der Waals surface area contributed by atoms with Crippen molar-refractivity contribution in [3.05, 3.63) is 88.6 Å². The van der Waals surface area contributed by atoms with E-state index in [1.165, 1.54) is 13.2 Å². The molecule has 190 valence electrons. The molecule has 3 aromatic carbocycles. The SMILES string of the molecule is COc1cc([C@H]2C(C(=O)Nc3ccc(C)cc3C)=C(C)Nc3nc4ccccc4n32)ccc1OC(F)F. The third-order valence-electron chi connectivity index (χ3n) is 6.42. The molecule has 2 heterocycles. The van der Waals surface area contributed by atoms with E-state index in [1.807, 2.05) is 67.8 Å². The van der Waals surface area contributed by atoms with Crippen LogP contribution in [0.2, 0.25) is 0 Å². The molecule has 1 aliphatic rings. The summed E-state index contributed by atoms with van der Waals surface area (Å²) in [6.45, 7) is 2.75. The summed E-state index contributed by atoms with van der Waals surface area (Å²) in [6.07, 6.45) is 0. The van der Waals surface area contributed by atoms with Gasteiger partial charge in [-0.2, -0.15) is 8.78 Å². The van der Waals surface area contributed by atoms with Crippen molar-refractivity contribution >= 4 is 28.6 Å². The van der Waals surface area contributed by atoms with Gasteiger partial charge in [0.25, 0.3) is 5.91 Å². The molecule has 5 rings (SSSR count). The first kappa shape index (κ1) is 24.3. The molecule has 0 bridgehead atoms. The van der Waals surface area contributed by atoms with E-state index in [-0.39, 0.29) is 17.4 Å². The van der Waals surface area contributed by atoms with Crippen molar-refractivity contribution in [2.45, 2.75) is 33.4 Å². The molecule has 7 nitrogen and oxygen atoms in total. The Kier molecular flexibility index (Phi) is 6.29. The van der Waals surface area contributed by atoms with Gasteiger partial charge in [-0.3, -0.25) is 9.36 Å². The van der Waals surface area contributed by atoms with Crippen LogP contribution in [0.4, 0.5) is 20.4 Å². The number of fused-ring (bicyclic) bond motifs is 3. The van der Waals surface area contributed by atoms with Crippen LogP contribution in [0.15, 0.2) is 71.9 Å². The number of nitrogens with one attached hydrogen (secondary N) is 2. The number of anilines is 2. The molecule has 1 aliphatic heterocycles. The standard InChI is InChI=1S/C28H26F2N4O3/c1-15-9-11-19(16(2)13-15)32-26(35)24-17(3)31-28-33-20-7-5-6-8-21(20)34(28)25(24)18-10-12-22(37-27(29)30)23(14-18)36-4/h5-14,25,27H,1-4H3,(H,31,33)(H,32,35)/t25-/m0/s1. The number of methoxy groups -OCH3 is 1. The Hall–Kier alpha value is -4.40. The van der Waals surface area contributed by atoms with Crippen molar-refractivity contribution in [2.75, 3.05) is 17.7 Å². The van der Waals surface area contributed by atoms with Crippen molar-refractivity contribution < 1.29 is 23.0 Å². The van der Waals surface area contributed by atoms with Crippen LogP contribution in [0.3, 0.4) is 0 Å². The van der Waals surface area contributed by atoms with E-state index >= 15 is 0 Å². The number of ether oxygens (including phenoxy) is 2. The molecule has 0 saturated heterocycles. The van der Waals surface area contributed by atoms with Gasteiger partial charge in [0.2, 0.25) is 5.95 Å². The monoisotopic (exact) mass is 504 g/mol. The smallest absolute Gasteiger partial charge is 0.387 e. The maximum atomic E-state index is 13.8. The van der Waals surface area contributed by atoms with Gasteiger partial charge in [-0.15, -0.1) is 0 Å². The Morgan fingerprint density at radius 2 is 1.84 bits per heavy atom. The number of rotatable bonds is 6. The van der Waals surface area contributed by atoms with Gasteiger partial charge in [0.15, 0.2) is 11.5 Å². The summed E-state index contributed by atoms with van der Waals surface area (Å²) < 4.78 is 37.8. The number of imidazole rings is 1. The average molecular weight is 505 g/mol. The predicted molar refractivity (Wildman–Crippen MR) is 138 cm³/mol. The molecule has 2 N–H and O–H groups in total. The van der Waals surface area contributed by atoms with Gasteiger partial charge in [0, 0.05) is 11.4 Å². The highest BCUT2D eigenvalue weighted by Gasteiger charge is 2.35. The van der Waals surface area contributed by atoms with Gasteiger partial charge in [-0.25, -0.2) is 4.98 Å². The molecule has 0 aliphatic carbocycles. The normalized spacial score (nSPS) is 14.9. The van der Waals surface area contributed by atoms with Crippen LogP contribution >= 0.6 is 0 Å². The van der Waals surface area contributed by atoms with Crippen molar-refractivity contribution in [2.24, 2.45) is 0 Å². The van der Waals surface area contributed by atoms with Gasteiger partial charge in [-0.1, -0.05) is 35.9 Å². The van der Waals surface area contributed by atoms with E-state index in [9.17, 15) is 13.6 Å². The second kappa shape index (κ2) is 9.57. The summed E-state index contributed by atoms with van der Waals surface area (Å²) in [4.78, 5) is 18.5. The number of hydrogen-bond donors (Lipinski definition) is 2. The number of benzene rings is 3. The fourth-order valence-electron chi connectivity index (χ4n) is 4.76. The fourth-order valence-corrected chi connectivity index (χ4v) is 4.76. The zero-order valence-corrected chi connectivity index (χ0v) is 20.8. The van der Waals surface area contributed by atoms with Crippen LogP contribution in [0.5, 0.6) is 11.5 Å². The molecule has 37 heavy (non-hydrogen) atoms. The van der Waals surface area contributed by atoms with Crippen LogP contribution in [0.1, 0.15) is 29.7 Å². The maximum absolute atomic E-state index is 13.8. The van der Waals surface area contributed by atoms with Gasteiger partial charge in [0.1, 0.15) is 0 Å². The van der Waals surface area contributed by atoms with E-state index in [2.05, 4.69) is 15.4 Å².